The predicted octanol–water partition coefficient (Wildman–Crippen LogP) is 0.684. The van der Waals surface area contributed by atoms with E-state index in [1.165, 1.54) is 0 Å². The quantitative estimate of drug-likeness (QED) is 0.152. The number of carbonyl (C=O) groups is 3. The van der Waals surface area contributed by atoms with E-state index in [4.69, 9.17) is 24.4 Å². The Morgan fingerprint density at radius 3 is 1.17 bits per heavy atom. The van der Waals surface area contributed by atoms with Gasteiger partial charge in [0, 0.05) is 31.4 Å². The summed E-state index contributed by atoms with van der Waals surface area (Å²) in [5.74, 6) is -2.17. The molecule has 166 valence electrons. The summed E-state index contributed by atoms with van der Waals surface area (Å²) in [6, 6.07) is 0. The van der Waals surface area contributed by atoms with Gasteiger partial charge in [0.05, 0.1) is 12.0 Å². The summed E-state index contributed by atoms with van der Waals surface area (Å²) < 4.78 is 14.5. The second-order valence-corrected chi connectivity index (χ2v) is 5.96. The van der Waals surface area contributed by atoms with Crippen LogP contribution in [-0.2, 0) is 28.6 Å². The van der Waals surface area contributed by atoms with E-state index < -0.39 is 29.9 Å². The van der Waals surface area contributed by atoms with Crippen LogP contribution in [0.5, 0.6) is 0 Å². The zero-order valence-electron chi connectivity index (χ0n) is 16.7. The van der Waals surface area contributed by atoms with Crippen molar-refractivity contribution in [2.45, 2.75) is 25.7 Å². The van der Waals surface area contributed by atoms with Crippen molar-refractivity contribution >= 4 is 17.9 Å². The lowest BCUT2D eigenvalue weighted by Crippen LogP contribution is -2.42. The molecule has 0 aliphatic heterocycles. The maximum Gasteiger partial charge on any atom is 0.330 e. The van der Waals surface area contributed by atoms with Gasteiger partial charge >= 0.3 is 17.9 Å². The second kappa shape index (κ2) is 18.9. The number of hydrogen-bond donors (Lipinski definition) is 3. The van der Waals surface area contributed by atoms with E-state index in [1.807, 2.05) is 0 Å². The number of hydrogen-bond acceptors (Lipinski definition) is 9. The number of ether oxygens (including phenoxy) is 3. The Kier molecular flexibility index (Phi) is 18.7. The molecule has 0 bridgehead atoms. The van der Waals surface area contributed by atoms with Crippen molar-refractivity contribution < 1.29 is 43.9 Å². The van der Waals surface area contributed by atoms with E-state index in [0.717, 1.165) is 43.9 Å². The Hall–Kier alpha value is -2.49. The molecule has 9 heteroatoms. The van der Waals surface area contributed by atoms with Crippen LogP contribution in [0.1, 0.15) is 25.7 Å². The number of carbonyl (C=O) groups excluding carboxylic acids is 3. The molecule has 0 rings (SSSR count). The Morgan fingerprint density at radius 1 is 0.655 bits per heavy atom. The molecule has 0 spiro atoms. The Bertz CT molecular complexity index is 448. The SMILES string of the molecule is C=CC(=O)OCC(CO)(COC(=O)C=C)COC(=O)C=C.OCCCCCCO. The smallest absolute Gasteiger partial charge is 0.330 e. The van der Waals surface area contributed by atoms with Crippen LogP contribution in [-0.4, -0.2) is 72.9 Å². The largest absolute Gasteiger partial charge is 0.462 e. The monoisotopic (exact) mass is 416 g/mol. The normalized spacial score (nSPS) is 10.0. The van der Waals surface area contributed by atoms with Crippen molar-refractivity contribution in [3.05, 3.63) is 38.0 Å². The van der Waals surface area contributed by atoms with Crippen molar-refractivity contribution in [2.75, 3.05) is 39.6 Å². The first kappa shape index (κ1) is 28.7. The molecule has 0 fully saturated rings. The lowest BCUT2D eigenvalue weighted by Gasteiger charge is -2.29. The highest BCUT2D eigenvalue weighted by atomic mass is 16.6. The van der Waals surface area contributed by atoms with Gasteiger partial charge in [0.15, 0.2) is 0 Å². The van der Waals surface area contributed by atoms with Crippen molar-refractivity contribution in [1.82, 2.24) is 0 Å². The molecule has 0 aliphatic rings. The van der Waals surface area contributed by atoms with Crippen LogP contribution in [0.3, 0.4) is 0 Å². The second-order valence-electron chi connectivity index (χ2n) is 5.96. The van der Waals surface area contributed by atoms with E-state index in [2.05, 4.69) is 19.7 Å². The summed E-state index contributed by atoms with van der Waals surface area (Å²) >= 11 is 0. The molecule has 0 radical (unpaired) electrons. The van der Waals surface area contributed by atoms with Gasteiger partial charge in [0.1, 0.15) is 19.8 Å². The zero-order chi connectivity index (χ0) is 22.5. The van der Waals surface area contributed by atoms with Gasteiger partial charge in [-0.1, -0.05) is 32.6 Å². The van der Waals surface area contributed by atoms with Crippen molar-refractivity contribution in [2.24, 2.45) is 5.41 Å². The lowest BCUT2D eigenvalue weighted by atomic mass is 9.92. The minimum absolute atomic E-state index is 0.283. The molecular formula is C20H32O9. The van der Waals surface area contributed by atoms with Gasteiger partial charge in [-0.05, 0) is 12.8 Å². The maximum absolute atomic E-state index is 11.1. The van der Waals surface area contributed by atoms with Crippen LogP contribution in [0.4, 0.5) is 0 Å². The summed E-state index contributed by atoms with van der Waals surface area (Å²) in [6.45, 7) is 8.71. The van der Waals surface area contributed by atoms with Crippen LogP contribution >= 0.6 is 0 Å². The van der Waals surface area contributed by atoms with Crippen LogP contribution in [0.15, 0.2) is 38.0 Å². The fourth-order valence-corrected chi connectivity index (χ4v) is 1.69. The standard InChI is InChI=1S/C14H18O7.C6H14O2/c1-4-11(16)19-8-14(7-15,9-20-12(17)5-2)10-21-13(18)6-3;7-5-3-1-2-4-6-8/h4-6,15H,1-3,7-10H2;7-8H,1-6H2. The van der Waals surface area contributed by atoms with Crippen molar-refractivity contribution in [3.8, 4) is 0 Å². The molecule has 0 aromatic rings. The van der Waals surface area contributed by atoms with E-state index in [-0.39, 0.29) is 33.0 Å². The summed E-state index contributed by atoms with van der Waals surface area (Å²) in [5.41, 5.74) is -1.28. The predicted molar refractivity (Wildman–Crippen MR) is 106 cm³/mol. The van der Waals surface area contributed by atoms with Crippen LogP contribution < -0.4 is 0 Å². The Balaban J connectivity index is 0. The zero-order valence-corrected chi connectivity index (χ0v) is 16.7. The van der Waals surface area contributed by atoms with Crippen molar-refractivity contribution in [1.29, 1.82) is 0 Å². The van der Waals surface area contributed by atoms with Gasteiger partial charge in [-0.2, -0.15) is 0 Å². The minimum Gasteiger partial charge on any atom is -0.462 e. The van der Waals surface area contributed by atoms with Crippen LogP contribution in [0, 0.1) is 5.41 Å². The molecule has 0 aliphatic carbocycles. The minimum atomic E-state index is -1.28. The molecule has 0 aromatic carbocycles. The van der Waals surface area contributed by atoms with Gasteiger partial charge in [0.2, 0.25) is 0 Å². The average Bonchev–Trinajstić information content (AvgIpc) is 2.76. The number of rotatable bonds is 15. The third-order valence-corrected chi connectivity index (χ3v) is 3.46. The molecule has 3 N–H and O–H groups in total. The highest BCUT2D eigenvalue weighted by Crippen LogP contribution is 2.19. The number of esters is 3. The molecule has 9 nitrogen and oxygen atoms in total. The first-order valence-electron chi connectivity index (χ1n) is 9.04. The maximum atomic E-state index is 11.1. The molecule has 29 heavy (non-hydrogen) atoms. The van der Waals surface area contributed by atoms with E-state index >= 15 is 0 Å². The fourth-order valence-electron chi connectivity index (χ4n) is 1.69. The molecule has 0 heterocycles. The summed E-state index contributed by atoms with van der Waals surface area (Å²) in [4.78, 5) is 33.3. The molecule has 0 saturated heterocycles. The van der Waals surface area contributed by atoms with Gasteiger partial charge in [-0.3, -0.25) is 0 Å². The first-order chi connectivity index (χ1) is 13.8. The topological polar surface area (TPSA) is 140 Å². The van der Waals surface area contributed by atoms with Gasteiger partial charge in [-0.15, -0.1) is 0 Å². The molecule has 0 aromatic heterocycles. The third kappa shape index (κ3) is 16.2. The molecular weight excluding hydrogens is 384 g/mol. The summed E-state index contributed by atoms with van der Waals surface area (Å²) in [5, 5.41) is 26.1. The molecule has 0 unspecified atom stereocenters. The molecule has 0 saturated carbocycles. The highest BCUT2D eigenvalue weighted by molar-refractivity contribution is 5.82. The van der Waals surface area contributed by atoms with Gasteiger partial charge in [-0.25, -0.2) is 14.4 Å². The molecule has 0 amide bonds. The lowest BCUT2D eigenvalue weighted by molar-refractivity contribution is -0.159. The van der Waals surface area contributed by atoms with E-state index in [0.29, 0.717) is 0 Å². The summed E-state index contributed by atoms with van der Waals surface area (Å²) in [7, 11) is 0. The average molecular weight is 416 g/mol. The Labute approximate surface area is 171 Å². The fraction of sp³-hybridized carbons (Fsp3) is 0.550. The van der Waals surface area contributed by atoms with Gasteiger partial charge < -0.3 is 29.5 Å². The van der Waals surface area contributed by atoms with Crippen molar-refractivity contribution in [3.63, 3.8) is 0 Å². The number of aliphatic hydroxyl groups excluding tert-OH is 3. The first-order valence-corrected chi connectivity index (χ1v) is 9.04. The van der Waals surface area contributed by atoms with Crippen LogP contribution in [0.2, 0.25) is 0 Å². The van der Waals surface area contributed by atoms with E-state index in [9.17, 15) is 19.5 Å². The van der Waals surface area contributed by atoms with Crippen LogP contribution in [0.25, 0.3) is 0 Å². The molecule has 0 atom stereocenters. The highest BCUT2D eigenvalue weighted by Gasteiger charge is 2.35. The number of unbranched alkanes of at least 4 members (excludes halogenated alkanes) is 3. The Morgan fingerprint density at radius 2 is 0.966 bits per heavy atom. The number of aliphatic hydroxyl groups is 3. The van der Waals surface area contributed by atoms with E-state index in [1.54, 1.807) is 0 Å². The summed E-state index contributed by atoms with van der Waals surface area (Å²) in [6.07, 6.45) is 6.64. The van der Waals surface area contributed by atoms with Gasteiger partial charge in [0.25, 0.3) is 0 Å². The third-order valence-electron chi connectivity index (χ3n) is 3.46.